The molecule has 150 valence electrons. The zero-order valence-corrected chi connectivity index (χ0v) is 17.1. The third-order valence-electron chi connectivity index (χ3n) is 5.57. The van der Waals surface area contributed by atoms with Crippen molar-refractivity contribution in [2.75, 3.05) is 33.3 Å². The molecule has 0 saturated carbocycles. The van der Waals surface area contributed by atoms with Crippen LogP contribution in [0.2, 0.25) is 0 Å². The molecule has 0 unspecified atom stereocenters. The lowest BCUT2D eigenvalue weighted by molar-refractivity contribution is 0.0760. The summed E-state index contributed by atoms with van der Waals surface area (Å²) in [6.45, 7) is 6.26. The Labute approximate surface area is 171 Å². The molecule has 0 radical (unpaired) electrons. The predicted molar refractivity (Wildman–Crippen MR) is 115 cm³/mol. The summed E-state index contributed by atoms with van der Waals surface area (Å²) in [5.41, 5.74) is 3.63. The quantitative estimate of drug-likeness (QED) is 0.679. The molecule has 1 fully saturated rings. The Bertz CT molecular complexity index is 1000. The number of rotatable bonds is 4. The molecule has 2 aromatic carbocycles. The summed E-state index contributed by atoms with van der Waals surface area (Å²) in [6.07, 6.45) is 0.982. The molecule has 3 aromatic rings. The summed E-state index contributed by atoms with van der Waals surface area (Å²) in [5, 5.41) is 0.959. The molecular formula is C24H27N3O2. The van der Waals surface area contributed by atoms with Gasteiger partial charge in [-0.15, -0.1) is 0 Å². The van der Waals surface area contributed by atoms with Crippen molar-refractivity contribution in [2.24, 2.45) is 0 Å². The molecule has 1 saturated heterocycles. The third-order valence-corrected chi connectivity index (χ3v) is 5.57. The van der Waals surface area contributed by atoms with Crippen molar-refractivity contribution in [2.45, 2.75) is 19.9 Å². The highest BCUT2D eigenvalue weighted by Crippen LogP contribution is 2.23. The number of carbonyl (C=O) groups excluding carboxylic acids is 1. The maximum absolute atomic E-state index is 13.2. The van der Waals surface area contributed by atoms with Crippen molar-refractivity contribution < 1.29 is 9.53 Å². The van der Waals surface area contributed by atoms with Crippen LogP contribution in [0.25, 0.3) is 10.9 Å². The Kier molecular flexibility index (Phi) is 5.76. The molecule has 4 rings (SSSR count). The Morgan fingerprint density at radius 1 is 1.03 bits per heavy atom. The molecule has 2 heterocycles. The first kappa shape index (κ1) is 19.4. The van der Waals surface area contributed by atoms with E-state index in [2.05, 4.69) is 34.1 Å². The van der Waals surface area contributed by atoms with Gasteiger partial charge in [-0.1, -0.05) is 30.3 Å². The van der Waals surface area contributed by atoms with Crippen molar-refractivity contribution in [1.29, 1.82) is 0 Å². The van der Waals surface area contributed by atoms with E-state index in [9.17, 15) is 4.79 Å². The number of nitrogens with zero attached hydrogens (tertiary/aromatic N) is 3. The van der Waals surface area contributed by atoms with Crippen LogP contribution in [0.5, 0.6) is 5.75 Å². The van der Waals surface area contributed by atoms with E-state index in [-0.39, 0.29) is 5.91 Å². The van der Waals surface area contributed by atoms with E-state index in [1.165, 1.54) is 5.56 Å². The first-order valence-corrected chi connectivity index (χ1v) is 10.1. The number of carbonyl (C=O) groups is 1. The van der Waals surface area contributed by atoms with Gasteiger partial charge in [-0.3, -0.25) is 14.7 Å². The second kappa shape index (κ2) is 8.62. The number of aryl methyl sites for hydroxylation is 1. The number of aromatic nitrogens is 1. The van der Waals surface area contributed by atoms with Gasteiger partial charge in [-0.05, 0) is 37.1 Å². The molecule has 1 aliphatic heterocycles. The lowest BCUT2D eigenvalue weighted by Gasteiger charge is -2.23. The second-order valence-corrected chi connectivity index (χ2v) is 7.59. The monoisotopic (exact) mass is 389 g/mol. The molecule has 5 nitrogen and oxygen atoms in total. The van der Waals surface area contributed by atoms with Crippen LogP contribution in [-0.2, 0) is 6.54 Å². The number of amides is 1. The van der Waals surface area contributed by atoms with Crippen molar-refractivity contribution in [3.05, 3.63) is 71.4 Å². The maximum atomic E-state index is 13.2. The van der Waals surface area contributed by atoms with Gasteiger partial charge in [0.1, 0.15) is 5.75 Å². The van der Waals surface area contributed by atoms with Gasteiger partial charge in [0.05, 0.1) is 23.9 Å². The number of ether oxygens (including phenoxy) is 1. The summed E-state index contributed by atoms with van der Waals surface area (Å²) in [6, 6.07) is 18.3. The standard InChI is InChI=1S/C24H27N3O2/c1-18-22(15-20-9-10-21(29-2)16-23(20)25-18)24(28)27-12-6-11-26(13-14-27)17-19-7-4-3-5-8-19/h3-5,7-10,15-16H,6,11-14,17H2,1-2H3. The van der Waals surface area contributed by atoms with Crippen LogP contribution in [0.1, 0.15) is 28.0 Å². The van der Waals surface area contributed by atoms with E-state index < -0.39 is 0 Å². The molecule has 1 aromatic heterocycles. The van der Waals surface area contributed by atoms with Crippen LogP contribution in [-0.4, -0.2) is 54.0 Å². The average molecular weight is 389 g/mol. The van der Waals surface area contributed by atoms with Crippen LogP contribution in [0.3, 0.4) is 0 Å². The lowest BCUT2D eigenvalue weighted by atomic mass is 10.1. The summed E-state index contributed by atoms with van der Waals surface area (Å²) in [7, 11) is 1.65. The van der Waals surface area contributed by atoms with Gasteiger partial charge in [0.15, 0.2) is 0 Å². The number of hydrogen-bond donors (Lipinski definition) is 0. The van der Waals surface area contributed by atoms with Gasteiger partial charge in [0.25, 0.3) is 5.91 Å². The predicted octanol–water partition coefficient (Wildman–Crippen LogP) is 3.90. The highest BCUT2D eigenvalue weighted by molar-refractivity contribution is 5.98. The molecule has 5 heteroatoms. The van der Waals surface area contributed by atoms with Crippen LogP contribution < -0.4 is 4.74 Å². The summed E-state index contributed by atoms with van der Waals surface area (Å²) in [5.74, 6) is 0.851. The first-order chi connectivity index (χ1) is 14.1. The molecule has 0 spiro atoms. The zero-order chi connectivity index (χ0) is 20.2. The second-order valence-electron chi connectivity index (χ2n) is 7.59. The minimum atomic E-state index is 0.0780. The number of pyridine rings is 1. The fourth-order valence-electron chi connectivity index (χ4n) is 3.93. The largest absolute Gasteiger partial charge is 0.497 e. The molecule has 0 atom stereocenters. The highest BCUT2D eigenvalue weighted by Gasteiger charge is 2.22. The van der Waals surface area contributed by atoms with Crippen molar-refractivity contribution in [3.63, 3.8) is 0 Å². The van der Waals surface area contributed by atoms with E-state index in [0.29, 0.717) is 5.56 Å². The topological polar surface area (TPSA) is 45.7 Å². The van der Waals surface area contributed by atoms with E-state index in [4.69, 9.17) is 4.74 Å². The Morgan fingerprint density at radius 3 is 2.66 bits per heavy atom. The van der Waals surface area contributed by atoms with E-state index in [1.54, 1.807) is 7.11 Å². The maximum Gasteiger partial charge on any atom is 0.255 e. The zero-order valence-electron chi connectivity index (χ0n) is 17.1. The van der Waals surface area contributed by atoms with Crippen molar-refractivity contribution >= 4 is 16.8 Å². The van der Waals surface area contributed by atoms with Gasteiger partial charge >= 0.3 is 0 Å². The van der Waals surface area contributed by atoms with Gasteiger partial charge < -0.3 is 9.64 Å². The molecular weight excluding hydrogens is 362 g/mol. The van der Waals surface area contributed by atoms with Crippen molar-refractivity contribution in [3.8, 4) is 5.75 Å². The third kappa shape index (κ3) is 4.40. The minimum Gasteiger partial charge on any atom is -0.497 e. The van der Waals surface area contributed by atoms with E-state index in [1.807, 2.05) is 42.2 Å². The molecule has 0 N–H and O–H groups in total. The van der Waals surface area contributed by atoms with Gasteiger partial charge in [0, 0.05) is 44.2 Å². The fraction of sp³-hybridized carbons (Fsp3) is 0.333. The number of benzene rings is 2. The fourth-order valence-corrected chi connectivity index (χ4v) is 3.93. The minimum absolute atomic E-state index is 0.0780. The number of hydrogen-bond acceptors (Lipinski definition) is 4. The summed E-state index contributed by atoms with van der Waals surface area (Å²) in [4.78, 5) is 22.3. The SMILES string of the molecule is COc1ccc2cc(C(=O)N3CCCN(Cc4ccccc4)CC3)c(C)nc2c1. The van der Waals surface area contributed by atoms with Gasteiger partial charge in [-0.2, -0.15) is 0 Å². The first-order valence-electron chi connectivity index (χ1n) is 10.1. The normalized spacial score (nSPS) is 15.3. The van der Waals surface area contributed by atoms with Crippen LogP contribution >= 0.6 is 0 Å². The number of methoxy groups -OCH3 is 1. The van der Waals surface area contributed by atoms with Crippen LogP contribution in [0.4, 0.5) is 0 Å². The van der Waals surface area contributed by atoms with Crippen LogP contribution in [0.15, 0.2) is 54.6 Å². The van der Waals surface area contributed by atoms with Gasteiger partial charge in [0.2, 0.25) is 0 Å². The molecule has 0 aliphatic carbocycles. The van der Waals surface area contributed by atoms with E-state index in [0.717, 1.165) is 61.5 Å². The Morgan fingerprint density at radius 2 is 1.86 bits per heavy atom. The van der Waals surface area contributed by atoms with E-state index >= 15 is 0 Å². The van der Waals surface area contributed by atoms with Gasteiger partial charge in [-0.25, -0.2) is 0 Å². The van der Waals surface area contributed by atoms with Crippen molar-refractivity contribution in [1.82, 2.24) is 14.8 Å². The Balaban J connectivity index is 1.48. The molecule has 1 aliphatic rings. The summed E-state index contributed by atoms with van der Waals surface area (Å²) < 4.78 is 5.28. The lowest BCUT2D eigenvalue weighted by Crippen LogP contribution is -2.35. The highest BCUT2D eigenvalue weighted by atomic mass is 16.5. The van der Waals surface area contributed by atoms with Crippen LogP contribution in [0, 0.1) is 6.92 Å². The number of fused-ring (bicyclic) bond motifs is 1. The smallest absolute Gasteiger partial charge is 0.255 e. The molecule has 0 bridgehead atoms. The molecule has 29 heavy (non-hydrogen) atoms. The Hall–Kier alpha value is -2.92. The molecule has 1 amide bonds. The summed E-state index contributed by atoms with van der Waals surface area (Å²) >= 11 is 0. The average Bonchev–Trinajstić information content (AvgIpc) is 2.98.